The minimum atomic E-state index is -0.456. The van der Waals surface area contributed by atoms with Gasteiger partial charge in [-0.05, 0) is 0 Å². The van der Waals surface area contributed by atoms with Gasteiger partial charge >= 0.3 is 133 Å². The van der Waals surface area contributed by atoms with Crippen LogP contribution >= 0.6 is 24.8 Å². The largest absolute Gasteiger partial charge is 0.147 e. The summed E-state index contributed by atoms with van der Waals surface area (Å²) in [5.41, 5.74) is 4.78. The van der Waals surface area contributed by atoms with E-state index in [0.717, 1.165) is 22.4 Å². The summed E-state index contributed by atoms with van der Waals surface area (Å²) in [6.07, 6.45) is 8.09. The van der Waals surface area contributed by atoms with Gasteiger partial charge < -0.3 is 0 Å². The monoisotopic (exact) mass is 454 g/mol. The number of hydrogen-bond acceptors (Lipinski definition) is 0. The Balaban J connectivity index is 0. The van der Waals surface area contributed by atoms with Gasteiger partial charge in [0.15, 0.2) is 0 Å². The smallest absolute Gasteiger partial charge is 0.147 e. The molecule has 0 heterocycles. The molecule has 0 aromatic rings. The third-order valence-corrected chi connectivity index (χ3v) is 8.06. The summed E-state index contributed by atoms with van der Waals surface area (Å²) in [6, 6.07) is 0. The van der Waals surface area contributed by atoms with Crippen molar-refractivity contribution in [3.63, 3.8) is 0 Å². The van der Waals surface area contributed by atoms with Crippen LogP contribution in [0, 0.1) is 5.92 Å². The van der Waals surface area contributed by atoms with Gasteiger partial charge in [-0.2, -0.15) is 0 Å². The molecule has 0 saturated carbocycles. The Bertz CT molecular complexity index is 434. The van der Waals surface area contributed by atoms with Gasteiger partial charge in [0.25, 0.3) is 0 Å². The molecule has 0 saturated heterocycles. The Kier molecular flexibility index (Phi) is 13.4. The Morgan fingerprint density at radius 1 is 1.20 bits per heavy atom. The zero-order valence-electron chi connectivity index (χ0n) is 13.5. The maximum atomic E-state index is 2.38. The fourth-order valence-electron chi connectivity index (χ4n) is 2.28. The average Bonchev–Trinajstić information content (AvgIpc) is 2.91. The molecule has 0 bridgehead atoms. The number of halogens is 2. The van der Waals surface area contributed by atoms with Crippen LogP contribution in [-0.2, 0) is 23.2 Å². The van der Waals surface area contributed by atoms with Crippen LogP contribution in [0.4, 0.5) is 0 Å². The van der Waals surface area contributed by atoms with Crippen LogP contribution in [0.15, 0.2) is 41.5 Å². The Morgan fingerprint density at radius 3 is 2.10 bits per heavy atom. The Hall–Kier alpha value is 0.966. The first-order valence-electron chi connectivity index (χ1n) is 7.04. The number of rotatable bonds is 2. The zero-order chi connectivity index (χ0) is 13.7. The summed E-state index contributed by atoms with van der Waals surface area (Å²) in [4.78, 5) is 0. The molecule has 114 valence electrons. The van der Waals surface area contributed by atoms with Gasteiger partial charge in [0.05, 0.1) is 0 Å². The molecular formula is C16H28Cl2GeZr. The molecule has 0 fully saturated rings. The van der Waals surface area contributed by atoms with Crippen LogP contribution < -0.4 is 0 Å². The minimum absolute atomic E-state index is 0. The number of allylic oxidation sites excluding steroid dienone is 8. The van der Waals surface area contributed by atoms with E-state index in [9.17, 15) is 0 Å². The van der Waals surface area contributed by atoms with E-state index in [1.807, 2.05) is 3.28 Å². The van der Waals surface area contributed by atoms with Crippen LogP contribution in [0.3, 0.4) is 0 Å². The third-order valence-electron chi connectivity index (χ3n) is 3.71. The SMILES string of the molecule is CC1=C(C)C(C)[C]([Zr][C]2=CC=CC2)=C1C.C[CH2][GeH3].Cl.Cl. The van der Waals surface area contributed by atoms with Crippen molar-refractivity contribution in [3.05, 3.63) is 41.5 Å². The van der Waals surface area contributed by atoms with Gasteiger partial charge in [-0.25, -0.2) is 0 Å². The van der Waals surface area contributed by atoms with Gasteiger partial charge in [0.2, 0.25) is 0 Å². The van der Waals surface area contributed by atoms with E-state index in [-0.39, 0.29) is 24.8 Å². The average molecular weight is 455 g/mol. The van der Waals surface area contributed by atoms with Crippen molar-refractivity contribution in [1.29, 1.82) is 0 Å². The Labute approximate surface area is 157 Å². The molecule has 1 unspecified atom stereocenters. The minimum Gasteiger partial charge on any atom is -0.147 e. The summed E-state index contributed by atoms with van der Waals surface area (Å²) in [5.74, 6) is 0.734. The first-order valence-corrected chi connectivity index (χ1v) is 12.5. The molecule has 1 atom stereocenters. The molecule has 0 aliphatic heterocycles. The van der Waals surface area contributed by atoms with E-state index < -0.39 is 23.2 Å². The van der Waals surface area contributed by atoms with Gasteiger partial charge in [-0.1, -0.05) is 0 Å². The second-order valence-corrected chi connectivity index (χ2v) is 11.7. The molecule has 4 heteroatoms. The molecule has 0 spiro atoms. The molecule has 20 heavy (non-hydrogen) atoms. The van der Waals surface area contributed by atoms with E-state index in [2.05, 4.69) is 52.8 Å². The summed E-state index contributed by atoms with van der Waals surface area (Å²) in [7, 11) is 0. The second-order valence-electron chi connectivity index (χ2n) is 5.22. The first kappa shape index (κ1) is 23.2. The van der Waals surface area contributed by atoms with Crippen molar-refractivity contribution >= 4 is 41.3 Å². The summed E-state index contributed by atoms with van der Waals surface area (Å²) in [5, 5.41) is 1.44. The number of hydrogen-bond donors (Lipinski definition) is 0. The van der Waals surface area contributed by atoms with E-state index in [1.165, 1.54) is 11.7 Å². The van der Waals surface area contributed by atoms with Crippen LogP contribution in [-0.4, -0.2) is 16.5 Å². The van der Waals surface area contributed by atoms with Gasteiger partial charge in [0, 0.05) is 0 Å². The molecule has 2 aliphatic carbocycles. The summed E-state index contributed by atoms with van der Waals surface area (Å²) in [6.45, 7) is 11.5. The maximum Gasteiger partial charge on any atom is -0.147 e. The molecule has 2 aliphatic rings. The normalized spacial score (nSPS) is 20.1. The van der Waals surface area contributed by atoms with Crippen molar-refractivity contribution in [2.45, 2.75) is 46.3 Å². The van der Waals surface area contributed by atoms with Crippen molar-refractivity contribution in [2.75, 3.05) is 0 Å². The van der Waals surface area contributed by atoms with Crippen LogP contribution in [0.5, 0.6) is 0 Å². The molecule has 0 radical (unpaired) electrons. The first-order chi connectivity index (χ1) is 8.52. The fraction of sp³-hybridized carbons (Fsp3) is 0.500. The van der Waals surface area contributed by atoms with Crippen LogP contribution in [0.1, 0.15) is 41.0 Å². The molecule has 0 aromatic carbocycles. The fourth-order valence-corrected chi connectivity index (χ4v) is 6.10. The van der Waals surface area contributed by atoms with Crippen molar-refractivity contribution in [1.82, 2.24) is 0 Å². The molecule has 2 rings (SSSR count). The second kappa shape index (κ2) is 11.5. The predicted octanol–water partition coefficient (Wildman–Crippen LogP) is 4.81. The van der Waals surface area contributed by atoms with Crippen LogP contribution in [0.25, 0.3) is 0 Å². The van der Waals surface area contributed by atoms with E-state index in [1.54, 1.807) is 20.0 Å². The van der Waals surface area contributed by atoms with E-state index in [4.69, 9.17) is 0 Å². The van der Waals surface area contributed by atoms with Crippen molar-refractivity contribution in [3.8, 4) is 0 Å². The quantitative estimate of drug-likeness (QED) is 0.525. The molecular weight excluding hydrogens is 427 g/mol. The van der Waals surface area contributed by atoms with Gasteiger partial charge in [-0.3, -0.25) is 0 Å². The maximum absolute atomic E-state index is 2.38. The predicted molar refractivity (Wildman–Crippen MR) is 97.0 cm³/mol. The van der Waals surface area contributed by atoms with Crippen LogP contribution in [0.2, 0.25) is 5.25 Å². The molecule has 0 aromatic heterocycles. The zero-order valence-corrected chi connectivity index (χ0v) is 21.8. The Morgan fingerprint density at radius 2 is 1.75 bits per heavy atom. The summed E-state index contributed by atoms with van der Waals surface area (Å²) >= 11 is 0.648. The van der Waals surface area contributed by atoms with Gasteiger partial charge in [-0.15, -0.1) is 24.8 Å². The molecule has 0 N–H and O–H groups in total. The molecule has 0 amide bonds. The topological polar surface area (TPSA) is 0 Å². The third kappa shape index (κ3) is 5.99. The van der Waals surface area contributed by atoms with Gasteiger partial charge in [0.1, 0.15) is 0 Å². The standard InChI is InChI=1S/C9H13.C5H5.C2H8Ge.2ClH.Zr/c1-6-5-7(2)9(4)8(6)3;1-2-4-5-3-1;1-2-3;;;/h6H,1-4H3;1-3H,4H2;2H2,1,3H3;2*1H;. The van der Waals surface area contributed by atoms with Crippen molar-refractivity contribution in [2.24, 2.45) is 5.92 Å². The summed E-state index contributed by atoms with van der Waals surface area (Å²) < 4.78 is 3.55. The van der Waals surface area contributed by atoms with E-state index >= 15 is 0 Å². The van der Waals surface area contributed by atoms with E-state index in [0.29, 0.717) is 0 Å². The van der Waals surface area contributed by atoms with Crippen molar-refractivity contribution < 1.29 is 23.2 Å². The molecule has 0 nitrogen and oxygen atoms in total.